The van der Waals surface area contributed by atoms with Crippen LogP contribution in [0, 0.1) is 12.8 Å². The molecule has 0 saturated heterocycles. The molecule has 3 rings (SSSR count). The lowest BCUT2D eigenvalue weighted by atomic mass is 9.84. The molecule has 0 radical (unpaired) electrons. The van der Waals surface area contributed by atoms with Crippen LogP contribution in [0.1, 0.15) is 57.2 Å². The van der Waals surface area contributed by atoms with Gasteiger partial charge in [0.1, 0.15) is 0 Å². The fraction of sp³-hybridized carbons (Fsp3) is 0.355. The van der Waals surface area contributed by atoms with Crippen LogP contribution >= 0.6 is 0 Å². The lowest BCUT2D eigenvalue weighted by molar-refractivity contribution is -0.123. The van der Waals surface area contributed by atoms with Crippen LogP contribution in [-0.4, -0.2) is 25.4 Å². The predicted octanol–water partition coefficient (Wildman–Crippen LogP) is 5.94. The average molecular weight is 486 g/mol. The summed E-state index contributed by atoms with van der Waals surface area (Å²) in [4.78, 5) is 26.8. The van der Waals surface area contributed by atoms with E-state index in [1.54, 1.807) is 0 Å². The largest absolute Gasteiger partial charge is 0.393 e. The highest BCUT2D eigenvalue weighted by atomic mass is 16.2. The molecule has 1 aliphatic rings. The minimum absolute atomic E-state index is 0.329. The Morgan fingerprint density at radius 1 is 1.00 bits per heavy atom. The first-order valence-corrected chi connectivity index (χ1v) is 12.9. The fourth-order valence-electron chi connectivity index (χ4n) is 4.77. The highest BCUT2D eigenvalue weighted by Crippen LogP contribution is 2.37. The van der Waals surface area contributed by atoms with Gasteiger partial charge in [-0.2, -0.15) is 0 Å². The van der Waals surface area contributed by atoms with Crippen molar-refractivity contribution in [1.29, 1.82) is 0 Å². The van der Waals surface area contributed by atoms with Gasteiger partial charge in [0.05, 0.1) is 11.1 Å². The second-order valence-electron chi connectivity index (χ2n) is 9.54. The van der Waals surface area contributed by atoms with E-state index in [9.17, 15) is 9.59 Å². The van der Waals surface area contributed by atoms with Crippen LogP contribution in [0.5, 0.6) is 0 Å². The zero-order valence-corrected chi connectivity index (χ0v) is 22.4. The minimum atomic E-state index is -0.353. The normalized spacial score (nSPS) is 15.6. The molecule has 3 N–H and O–H groups in total. The van der Waals surface area contributed by atoms with E-state index in [2.05, 4.69) is 55.8 Å². The maximum Gasteiger partial charge on any atom is 0.259 e. The van der Waals surface area contributed by atoms with Crippen LogP contribution < -0.4 is 16.0 Å². The first kappa shape index (κ1) is 27.0. The molecule has 5 heteroatoms. The van der Waals surface area contributed by atoms with Crippen molar-refractivity contribution in [3.8, 4) is 0 Å². The summed E-state index contributed by atoms with van der Waals surface area (Å²) >= 11 is 0. The van der Waals surface area contributed by atoms with Gasteiger partial charge in [0.2, 0.25) is 0 Å². The van der Waals surface area contributed by atoms with Gasteiger partial charge in [0.15, 0.2) is 0 Å². The van der Waals surface area contributed by atoms with E-state index in [0.717, 1.165) is 58.5 Å². The number of carbonyl (C=O) groups is 2. The van der Waals surface area contributed by atoms with Crippen molar-refractivity contribution in [3.05, 3.63) is 93.7 Å². The number of para-hydroxylation sites is 1. The Bertz CT molecular complexity index is 1220. The highest BCUT2D eigenvalue weighted by Gasteiger charge is 2.36. The SMILES string of the molecule is CCNc1ccccc1C/C(C1=C(/C(=C/NC)c2ccccc2C)C(=O)NC1=O)=C(\C)CC(C)CC. The number of anilines is 1. The number of aryl methyl sites for hydroxylation is 1. The lowest BCUT2D eigenvalue weighted by Crippen LogP contribution is -2.24. The van der Waals surface area contributed by atoms with E-state index in [4.69, 9.17) is 0 Å². The highest BCUT2D eigenvalue weighted by molar-refractivity contribution is 6.28. The van der Waals surface area contributed by atoms with Crippen molar-refractivity contribution in [1.82, 2.24) is 10.6 Å². The molecular formula is C31H39N3O2. The van der Waals surface area contributed by atoms with E-state index >= 15 is 0 Å². The van der Waals surface area contributed by atoms with Crippen LogP contribution in [0.15, 0.2) is 77.0 Å². The quantitative estimate of drug-likeness (QED) is 0.345. The fourth-order valence-corrected chi connectivity index (χ4v) is 4.77. The molecule has 5 nitrogen and oxygen atoms in total. The number of hydrogen-bond acceptors (Lipinski definition) is 4. The summed E-state index contributed by atoms with van der Waals surface area (Å²) in [5.41, 5.74) is 7.82. The smallest absolute Gasteiger partial charge is 0.259 e. The van der Waals surface area contributed by atoms with E-state index < -0.39 is 0 Å². The van der Waals surface area contributed by atoms with Crippen molar-refractivity contribution >= 4 is 23.1 Å². The topological polar surface area (TPSA) is 70.2 Å². The Labute approximate surface area is 215 Å². The van der Waals surface area contributed by atoms with Crippen LogP contribution in [0.25, 0.3) is 5.57 Å². The number of allylic oxidation sites excluding steroid dienone is 1. The zero-order valence-electron chi connectivity index (χ0n) is 22.4. The molecule has 0 saturated carbocycles. The van der Waals surface area contributed by atoms with Gasteiger partial charge in [0, 0.05) is 37.5 Å². The van der Waals surface area contributed by atoms with Gasteiger partial charge in [-0.05, 0) is 61.4 Å². The van der Waals surface area contributed by atoms with Crippen LogP contribution in [0.2, 0.25) is 0 Å². The van der Waals surface area contributed by atoms with Gasteiger partial charge < -0.3 is 10.6 Å². The van der Waals surface area contributed by atoms with Crippen molar-refractivity contribution in [3.63, 3.8) is 0 Å². The van der Waals surface area contributed by atoms with Gasteiger partial charge >= 0.3 is 0 Å². The molecule has 2 aromatic rings. The average Bonchev–Trinajstić information content (AvgIpc) is 3.15. The van der Waals surface area contributed by atoms with Gasteiger partial charge in [-0.3, -0.25) is 14.9 Å². The maximum absolute atomic E-state index is 13.4. The van der Waals surface area contributed by atoms with E-state index in [1.807, 2.05) is 56.6 Å². The van der Waals surface area contributed by atoms with Crippen molar-refractivity contribution < 1.29 is 9.59 Å². The number of carbonyl (C=O) groups excluding carboxylic acids is 2. The summed E-state index contributed by atoms with van der Waals surface area (Å²) in [6.07, 6.45) is 4.29. The monoisotopic (exact) mass is 485 g/mol. The maximum atomic E-state index is 13.4. The van der Waals surface area contributed by atoms with Gasteiger partial charge in [-0.25, -0.2) is 0 Å². The molecule has 190 valence electrons. The molecule has 2 amide bonds. The van der Waals surface area contributed by atoms with Gasteiger partial charge in [0.25, 0.3) is 11.8 Å². The Morgan fingerprint density at radius 3 is 2.33 bits per heavy atom. The first-order chi connectivity index (χ1) is 17.3. The second-order valence-corrected chi connectivity index (χ2v) is 9.54. The molecule has 0 bridgehead atoms. The van der Waals surface area contributed by atoms with Crippen LogP contribution in [-0.2, 0) is 16.0 Å². The molecule has 1 aliphatic heterocycles. The standard InChI is InChI=1S/C31H39N3O2/c1-7-20(3)17-22(5)25(18-23-14-10-12-16-27(23)33-8-2)28-29(31(36)34-30(28)35)26(19-32-6)24-15-11-9-13-21(24)4/h9-16,19-20,32-33H,7-8,17-18H2,1-6H3,(H,34,35,36)/b25-22-,26-19+. The predicted molar refractivity (Wildman–Crippen MR) is 149 cm³/mol. The Balaban J connectivity index is 2.29. The third-order valence-corrected chi connectivity index (χ3v) is 6.84. The number of hydrogen-bond donors (Lipinski definition) is 3. The molecule has 0 aliphatic carbocycles. The number of rotatable bonds is 11. The third-order valence-electron chi connectivity index (χ3n) is 6.84. The Kier molecular flexibility index (Phi) is 9.29. The Hall–Kier alpha value is -3.60. The van der Waals surface area contributed by atoms with Crippen molar-refractivity contribution in [2.24, 2.45) is 5.92 Å². The molecule has 36 heavy (non-hydrogen) atoms. The summed E-state index contributed by atoms with van der Waals surface area (Å²) in [6.45, 7) is 11.4. The molecule has 2 aromatic carbocycles. The molecular weight excluding hydrogens is 446 g/mol. The number of benzene rings is 2. The van der Waals surface area contributed by atoms with Crippen molar-refractivity contribution in [2.45, 2.75) is 53.9 Å². The van der Waals surface area contributed by atoms with E-state index in [0.29, 0.717) is 23.5 Å². The van der Waals surface area contributed by atoms with Crippen molar-refractivity contribution in [2.75, 3.05) is 18.9 Å². The van der Waals surface area contributed by atoms with E-state index in [1.165, 1.54) is 0 Å². The first-order valence-electron chi connectivity index (χ1n) is 12.9. The molecule has 1 heterocycles. The second kappa shape index (κ2) is 12.4. The summed E-state index contributed by atoms with van der Waals surface area (Å²) in [7, 11) is 1.81. The molecule has 1 atom stereocenters. The Morgan fingerprint density at radius 2 is 1.67 bits per heavy atom. The number of nitrogens with one attached hydrogen (secondary N) is 3. The number of imide groups is 1. The summed E-state index contributed by atoms with van der Waals surface area (Å²) < 4.78 is 0. The zero-order chi connectivity index (χ0) is 26.2. The van der Waals surface area contributed by atoms with Gasteiger partial charge in [-0.1, -0.05) is 68.3 Å². The van der Waals surface area contributed by atoms with E-state index in [-0.39, 0.29) is 11.8 Å². The number of amides is 2. The molecule has 1 unspecified atom stereocenters. The van der Waals surface area contributed by atoms with Crippen LogP contribution in [0.3, 0.4) is 0 Å². The third kappa shape index (κ3) is 5.96. The molecule has 0 aromatic heterocycles. The van der Waals surface area contributed by atoms with Gasteiger partial charge in [-0.15, -0.1) is 0 Å². The summed E-state index contributed by atoms with van der Waals surface area (Å²) in [5.74, 6) is -0.213. The minimum Gasteiger partial charge on any atom is -0.393 e. The van der Waals surface area contributed by atoms with Crippen LogP contribution in [0.4, 0.5) is 5.69 Å². The summed E-state index contributed by atoms with van der Waals surface area (Å²) in [5, 5.41) is 9.14. The summed E-state index contributed by atoms with van der Waals surface area (Å²) in [6, 6.07) is 16.1. The molecule has 0 spiro atoms. The lowest BCUT2D eigenvalue weighted by Gasteiger charge is -2.20. The molecule has 0 fully saturated rings.